The summed E-state index contributed by atoms with van der Waals surface area (Å²) in [6.45, 7) is 1.83. The van der Waals surface area contributed by atoms with Gasteiger partial charge in [0.2, 0.25) is 0 Å². The molecule has 1 atom stereocenters. The summed E-state index contributed by atoms with van der Waals surface area (Å²) in [6.07, 6.45) is -1.70. The van der Waals surface area contributed by atoms with Crippen molar-refractivity contribution >= 4 is 16.8 Å². The SMILES string of the molecule is Cc1cccc(C(NC(=O)c2ccc3cccnc3c2)c2ncccc2C(F)(F)F)c1. The summed E-state index contributed by atoms with van der Waals surface area (Å²) >= 11 is 0. The van der Waals surface area contributed by atoms with Gasteiger partial charge >= 0.3 is 6.18 Å². The van der Waals surface area contributed by atoms with Crippen molar-refractivity contribution in [2.75, 3.05) is 0 Å². The molecule has 0 fully saturated rings. The van der Waals surface area contributed by atoms with Crippen LogP contribution in [0.3, 0.4) is 0 Å². The van der Waals surface area contributed by atoms with Crippen LogP contribution in [0.1, 0.15) is 38.8 Å². The summed E-state index contributed by atoms with van der Waals surface area (Å²) in [4.78, 5) is 21.3. The summed E-state index contributed by atoms with van der Waals surface area (Å²) in [6, 6.07) is 16.7. The van der Waals surface area contributed by atoms with E-state index in [2.05, 4.69) is 15.3 Å². The van der Waals surface area contributed by atoms with E-state index in [1.54, 1.807) is 48.7 Å². The molecule has 0 aliphatic heterocycles. The van der Waals surface area contributed by atoms with E-state index in [0.717, 1.165) is 17.0 Å². The first-order chi connectivity index (χ1) is 14.8. The number of carbonyl (C=O) groups excluding carboxylic acids is 1. The summed E-state index contributed by atoms with van der Waals surface area (Å²) in [5.41, 5.74) is 1.15. The zero-order chi connectivity index (χ0) is 22.0. The monoisotopic (exact) mass is 421 g/mol. The number of halogens is 3. The van der Waals surface area contributed by atoms with E-state index in [9.17, 15) is 18.0 Å². The Morgan fingerprint density at radius 2 is 1.71 bits per heavy atom. The molecule has 0 aliphatic carbocycles. The molecule has 1 N–H and O–H groups in total. The Morgan fingerprint density at radius 3 is 2.48 bits per heavy atom. The van der Waals surface area contributed by atoms with Crippen LogP contribution in [-0.2, 0) is 6.18 Å². The molecule has 1 unspecified atom stereocenters. The Bertz CT molecular complexity index is 1250. The highest BCUT2D eigenvalue weighted by Gasteiger charge is 2.37. The van der Waals surface area contributed by atoms with Crippen LogP contribution in [0, 0.1) is 6.92 Å². The summed E-state index contributed by atoms with van der Waals surface area (Å²) in [5, 5.41) is 3.60. The van der Waals surface area contributed by atoms with Crippen molar-refractivity contribution in [3.05, 3.63) is 107 Å². The lowest BCUT2D eigenvalue weighted by molar-refractivity contribution is -0.138. The third-order valence-electron chi connectivity index (χ3n) is 4.94. The molecule has 4 aromatic rings. The van der Waals surface area contributed by atoms with Crippen molar-refractivity contribution < 1.29 is 18.0 Å². The molecule has 156 valence electrons. The van der Waals surface area contributed by atoms with Gasteiger partial charge in [-0.2, -0.15) is 13.2 Å². The average molecular weight is 421 g/mol. The third kappa shape index (κ3) is 4.40. The third-order valence-corrected chi connectivity index (χ3v) is 4.94. The summed E-state index contributed by atoms with van der Waals surface area (Å²) in [5.74, 6) is -0.516. The minimum atomic E-state index is -4.61. The molecular formula is C24H18F3N3O. The molecule has 7 heteroatoms. The van der Waals surface area contributed by atoms with E-state index in [4.69, 9.17) is 0 Å². The second-order valence-electron chi connectivity index (χ2n) is 7.17. The largest absolute Gasteiger partial charge is 0.418 e. The molecule has 2 aromatic carbocycles. The average Bonchev–Trinajstić information content (AvgIpc) is 2.76. The topological polar surface area (TPSA) is 54.9 Å². The number of aryl methyl sites for hydroxylation is 1. The predicted molar refractivity (Wildman–Crippen MR) is 111 cm³/mol. The van der Waals surface area contributed by atoms with Gasteiger partial charge in [0.1, 0.15) is 0 Å². The first-order valence-electron chi connectivity index (χ1n) is 9.57. The van der Waals surface area contributed by atoms with Crippen LogP contribution in [0.15, 0.2) is 79.1 Å². The van der Waals surface area contributed by atoms with Crippen LogP contribution >= 0.6 is 0 Å². The highest BCUT2D eigenvalue weighted by Crippen LogP contribution is 2.35. The van der Waals surface area contributed by atoms with Gasteiger partial charge in [0.15, 0.2) is 0 Å². The van der Waals surface area contributed by atoms with Crippen molar-refractivity contribution in [1.29, 1.82) is 0 Å². The Hall–Kier alpha value is -3.74. The maximum Gasteiger partial charge on any atom is 0.418 e. The smallest absolute Gasteiger partial charge is 0.340 e. The van der Waals surface area contributed by atoms with Crippen LogP contribution in [0.25, 0.3) is 10.9 Å². The number of alkyl halides is 3. The lowest BCUT2D eigenvalue weighted by Crippen LogP contribution is -2.31. The van der Waals surface area contributed by atoms with E-state index < -0.39 is 23.7 Å². The maximum absolute atomic E-state index is 13.7. The van der Waals surface area contributed by atoms with E-state index in [-0.39, 0.29) is 5.69 Å². The Morgan fingerprint density at radius 1 is 0.935 bits per heavy atom. The molecule has 31 heavy (non-hydrogen) atoms. The standard InChI is InChI=1S/C24H18F3N3O/c1-15-5-2-6-17(13-15)21(22-19(24(25,26)27)8-4-12-29-22)30-23(31)18-10-9-16-7-3-11-28-20(16)14-18/h2-14,21H,1H3,(H,30,31). The number of rotatable bonds is 4. The van der Waals surface area contributed by atoms with E-state index in [1.807, 2.05) is 19.1 Å². The van der Waals surface area contributed by atoms with Crippen LogP contribution in [0.4, 0.5) is 13.2 Å². The molecule has 2 aromatic heterocycles. The number of aromatic nitrogens is 2. The number of hydrogen-bond acceptors (Lipinski definition) is 3. The van der Waals surface area contributed by atoms with E-state index in [1.165, 1.54) is 12.3 Å². The molecule has 0 saturated carbocycles. The number of pyridine rings is 2. The molecular weight excluding hydrogens is 403 g/mol. The van der Waals surface area contributed by atoms with Gasteiger partial charge in [-0.25, -0.2) is 0 Å². The van der Waals surface area contributed by atoms with Gasteiger partial charge in [0, 0.05) is 23.3 Å². The number of benzene rings is 2. The molecule has 0 bridgehead atoms. The Labute approximate surface area is 176 Å². The molecule has 0 spiro atoms. The first kappa shape index (κ1) is 20.5. The fraction of sp³-hybridized carbons (Fsp3) is 0.125. The minimum absolute atomic E-state index is 0.257. The highest BCUT2D eigenvalue weighted by molar-refractivity contribution is 5.98. The summed E-state index contributed by atoms with van der Waals surface area (Å²) < 4.78 is 41.0. The summed E-state index contributed by atoms with van der Waals surface area (Å²) in [7, 11) is 0. The highest BCUT2D eigenvalue weighted by atomic mass is 19.4. The van der Waals surface area contributed by atoms with Crippen molar-refractivity contribution in [3.63, 3.8) is 0 Å². The predicted octanol–water partition coefficient (Wildman–Crippen LogP) is 5.48. The number of fused-ring (bicyclic) bond motifs is 1. The van der Waals surface area contributed by atoms with Gasteiger partial charge in [-0.05, 0) is 42.8 Å². The van der Waals surface area contributed by atoms with Gasteiger partial charge in [-0.1, -0.05) is 42.0 Å². The van der Waals surface area contributed by atoms with Crippen LogP contribution in [-0.4, -0.2) is 15.9 Å². The molecule has 2 heterocycles. The van der Waals surface area contributed by atoms with Gasteiger partial charge < -0.3 is 5.32 Å². The molecule has 0 radical (unpaired) electrons. The lowest BCUT2D eigenvalue weighted by Gasteiger charge is -2.23. The Kier molecular flexibility index (Phi) is 5.42. The number of hydrogen-bond donors (Lipinski definition) is 1. The van der Waals surface area contributed by atoms with Gasteiger partial charge in [0.05, 0.1) is 22.8 Å². The fourth-order valence-electron chi connectivity index (χ4n) is 3.47. The second-order valence-corrected chi connectivity index (χ2v) is 7.17. The molecule has 0 aliphatic rings. The second kappa shape index (κ2) is 8.18. The van der Waals surface area contributed by atoms with E-state index in [0.29, 0.717) is 16.6 Å². The number of amides is 1. The van der Waals surface area contributed by atoms with Crippen molar-refractivity contribution in [2.45, 2.75) is 19.1 Å². The zero-order valence-electron chi connectivity index (χ0n) is 16.5. The van der Waals surface area contributed by atoms with Gasteiger partial charge in [0.25, 0.3) is 5.91 Å². The first-order valence-corrected chi connectivity index (χ1v) is 9.57. The van der Waals surface area contributed by atoms with Crippen molar-refractivity contribution in [1.82, 2.24) is 15.3 Å². The number of nitrogens with zero attached hydrogens (tertiary/aromatic N) is 2. The van der Waals surface area contributed by atoms with E-state index >= 15 is 0 Å². The number of nitrogens with one attached hydrogen (secondary N) is 1. The van der Waals surface area contributed by atoms with Gasteiger partial charge in [-0.15, -0.1) is 0 Å². The maximum atomic E-state index is 13.7. The van der Waals surface area contributed by atoms with Crippen molar-refractivity contribution in [3.8, 4) is 0 Å². The molecule has 0 saturated heterocycles. The molecule has 1 amide bonds. The minimum Gasteiger partial charge on any atom is -0.340 e. The molecule has 4 rings (SSSR count). The quantitative estimate of drug-likeness (QED) is 0.475. The van der Waals surface area contributed by atoms with Crippen LogP contribution < -0.4 is 5.32 Å². The fourth-order valence-corrected chi connectivity index (χ4v) is 3.47. The van der Waals surface area contributed by atoms with Crippen LogP contribution in [0.2, 0.25) is 0 Å². The molecule has 4 nitrogen and oxygen atoms in total. The number of carbonyl (C=O) groups is 1. The Balaban J connectivity index is 1.77. The van der Waals surface area contributed by atoms with Crippen molar-refractivity contribution in [2.24, 2.45) is 0 Å². The zero-order valence-corrected chi connectivity index (χ0v) is 16.5. The van der Waals surface area contributed by atoms with Gasteiger partial charge in [-0.3, -0.25) is 14.8 Å². The van der Waals surface area contributed by atoms with Crippen LogP contribution in [0.5, 0.6) is 0 Å². The normalized spacial score (nSPS) is 12.5. The lowest BCUT2D eigenvalue weighted by atomic mass is 9.97.